The van der Waals surface area contributed by atoms with Gasteiger partial charge in [-0.05, 0) is 22.6 Å². The third-order valence-corrected chi connectivity index (χ3v) is 4.27. The van der Waals surface area contributed by atoms with Crippen molar-refractivity contribution in [3.8, 4) is 17.2 Å². The van der Waals surface area contributed by atoms with Crippen molar-refractivity contribution >= 4 is 11.8 Å². The van der Waals surface area contributed by atoms with Crippen LogP contribution in [-0.4, -0.2) is 37.1 Å². The summed E-state index contributed by atoms with van der Waals surface area (Å²) in [5.74, 6) is 3.36. The van der Waals surface area contributed by atoms with Gasteiger partial charge in [0.15, 0.2) is 17.3 Å². The van der Waals surface area contributed by atoms with Crippen LogP contribution in [0.4, 0.5) is 0 Å². The average Bonchev–Trinajstić information content (AvgIpc) is 3.31. The molecule has 3 aromatic rings. The topological polar surface area (TPSA) is 101 Å². The number of hydrogen-bond acceptors (Lipinski definition) is 9. The van der Waals surface area contributed by atoms with Crippen molar-refractivity contribution in [3.63, 3.8) is 0 Å². The minimum Gasteiger partial charge on any atom is -0.454 e. The summed E-state index contributed by atoms with van der Waals surface area (Å²) in [6.45, 7) is 4.24. The highest BCUT2D eigenvalue weighted by molar-refractivity contribution is 7.98. The van der Waals surface area contributed by atoms with Gasteiger partial charge in [0.05, 0.1) is 11.4 Å². The smallest absolute Gasteiger partial charge is 0.231 e. The lowest BCUT2D eigenvalue weighted by Crippen LogP contribution is -1.99. The largest absolute Gasteiger partial charge is 0.454 e. The molecule has 9 nitrogen and oxygen atoms in total. The summed E-state index contributed by atoms with van der Waals surface area (Å²) in [6.07, 6.45) is 0. The maximum atomic E-state index is 5.39. The van der Waals surface area contributed by atoms with Crippen molar-refractivity contribution in [2.75, 3.05) is 6.79 Å². The van der Waals surface area contributed by atoms with E-state index in [1.54, 1.807) is 4.68 Å². The summed E-state index contributed by atoms with van der Waals surface area (Å²) < 4.78 is 17.5. The van der Waals surface area contributed by atoms with E-state index >= 15 is 0 Å². The molecule has 0 bridgehead atoms. The Balaban J connectivity index is 1.52. The molecule has 0 saturated carbocycles. The molecular weight excluding hydrogens is 332 g/mol. The number of rotatable bonds is 5. The van der Waals surface area contributed by atoms with Crippen LogP contribution >= 0.6 is 11.8 Å². The molecule has 4 rings (SSSR count). The van der Waals surface area contributed by atoms with Gasteiger partial charge in [-0.15, -0.1) is 5.10 Å². The fourth-order valence-corrected chi connectivity index (χ4v) is 2.87. The maximum absolute atomic E-state index is 5.39. The van der Waals surface area contributed by atoms with Crippen LogP contribution in [0.5, 0.6) is 11.5 Å². The fourth-order valence-electron chi connectivity index (χ4n) is 2.14. The third kappa shape index (κ3) is 2.80. The van der Waals surface area contributed by atoms with Gasteiger partial charge in [-0.25, -0.2) is 0 Å². The van der Waals surface area contributed by atoms with Crippen LogP contribution in [0.3, 0.4) is 0 Å². The molecule has 10 heteroatoms. The van der Waals surface area contributed by atoms with Crippen molar-refractivity contribution in [3.05, 3.63) is 29.9 Å². The summed E-state index contributed by atoms with van der Waals surface area (Å²) in [7, 11) is 0. The first kappa shape index (κ1) is 14.9. The van der Waals surface area contributed by atoms with Gasteiger partial charge < -0.3 is 14.0 Å². The Kier molecular flexibility index (Phi) is 3.81. The Morgan fingerprint density at radius 3 is 2.96 bits per heavy atom. The van der Waals surface area contributed by atoms with Crippen LogP contribution in [0.25, 0.3) is 5.69 Å². The summed E-state index contributed by atoms with van der Waals surface area (Å²) in [4.78, 5) is 4.35. The molecule has 0 radical (unpaired) electrons. The molecule has 0 atom stereocenters. The summed E-state index contributed by atoms with van der Waals surface area (Å²) in [5.41, 5.74) is 0.794. The Morgan fingerprint density at radius 2 is 2.12 bits per heavy atom. The van der Waals surface area contributed by atoms with Gasteiger partial charge in [-0.3, -0.25) is 0 Å². The molecule has 0 saturated heterocycles. The highest BCUT2D eigenvalue weighted by atomic mass is 32.2. The zero-order chi connectivity index (χ0) is 16.5. The normalized spacial score (nSPS) is 13.0. The van der Waals surface area contributed by atoms with E-state index in [4.69, 9.17) is 14.0 Å². The number of aromatic nitrogens is 6. The lowest BCUT2D eigenvalue weighted by Gasteiger charge is -2.04. The van der Waals surface area contributed by atoms with Gasteiger partial charge in [-0.1, -0.05) is 30.8 Å². The van der Waals surface area contributed by atoms with E-state index in [9.17, 15) is 0 Å². The van der Waals surface area contributed by atoms with E-state index in [1.807, 2.05) is 32.0 Å². The SMILES string of the molecule is CC(C)c1nc(CSc2nnnn2-c2ccc3c(c2)OCO3)no1. The van der Waals surface area contributed by atoms with E-state index in [0.717, 1.165) is 5.69 Å². The van der Waals surface area contributed by atoms with Gasteiger partial charge in [0, 0.05) is 12.0 Å². The lowest BCUT2D eigenvalue weighted by molar-refractivity contribution is 0.174. The molecule has 0 unspecified atom stereocenters. The van der Waals surface area contributed by atoms with E-state index in [1.165, 1.54) is 11.8 Å². The molecule has 0 amide bonds. The number of benzene rings is 1. The number of tetrazole rings is 1. The van der Waals surface area contributed by atoms with E-state index in [-0.39, 0.29) is 12.7 Å². The van der Waals surface area contributed by atoms with Crippen LogP contribution in [0, 0.1) is 0 Å². The Morgan fingerprint density at radius 1 is 1.25 bits per heavy atom. The fraction of sp³-hybridized carbons (Fsp3) is 0.357. The quantitative estimate of drug-likeness (QED) is 0.643. The molecule has 0 fully saturated rings. The Hall–Kier alpha value is -2.62. The zero-order valence-electron chi connectivity index (χ0n) is 13.0. The van der Waals surface area contributed by atoms with E-state index in [0.29, 0.717) is 34.1 Å². The first-order valence-electron chi connectivity index (χ1n) is 7.34. The summed E-state index contributed by atoms with van der Waals surface area (Å²) in [5, 5.41) is 16.4. The van der Waals surface area contributed by atoms with Gasteiger partial charge in [0.2, 0.25) is 17.8 Å². The molecular formula is C14H14N6O3S. The predicted octanol–water partition coefficient (Wildman–Crippen LogP) is 2.19. The lowest BCUT2D eigenvalue weighted by atomic mass is 10.2. The van der Waals surface area contributed by atoms with Gasteiger partial charge in [0.1, 0.15) is 0 Å². The van der Waals surface area contributed by atoms with Crippen molar-refractivity contribution in [2.45, 2.75) is 30.7 Å². The van der Waals surface area contributed by atoms with Crippen LogP contribution in [-0.2, 0) is 5.75 Å². The molecule has 0 aliphatic carbocycles. The molecule has 1 aliphatic heterocycles. The van der Waals surface area contributed by atoms with Crippen molar-refractivity contribution in [1.29, 1.82) is 0 Å². The molecule has 24 heavy (non-hydrogen) atoms. The van der Waals surface area contributed by atoms with Crippen LogP contribution in [0.2, 0.25) is 0 Å². The van der Waals surface area contributed by atoms with Crippen molar-refractivity contribution < 1.29 is 14.0 Å². The van der Waals surface area contributed by atoms with Crippen LogP contribution < -0.4 is 9.47 Å². The predicted molar refractivity (Wildman–Crippen MR) is 83.2 cm³/mol. The van der Waals surface area contributed by atoms with Crippen LogP contribution in [0.15, 0.2) is 27.9 Å². The molecule has 124 valence electrons. The Bertz CT molecular complexity index is 862. The zero-order valence-corrected chi connectivity index (χ0v) is 13.9. The molecule has 1 aliphatic rings. The second kappa shape index (κ2) is 6.11. The molecule has 1 aromatic carbocycles. The number of fused-ring (bicyclic) bond motifs is 1. The number of hydrogen-bond donors (Lipinski definition) is 0. The second-order valence-electron chi connectivity index (χ2n) is 5.40. The number of nitrogens with zero attached hydrogens (tertiary/aromatic N) is 6. The number of thioether (sulfide) groups is 1. The first-order valence-corrected chi connectivity index (χ1v) is 8.33. The maximum Gasteiger partial charge on any atom is 0.231 e. The van der Waals surface area contributed by atoms with Crippen LogP contribution in [0.1, 0.15) is 31.5 Å². The monoisotopic (exact) mass is 346 g/mol. The minimum absolute atomic E-state index is 0.204. The standard InChI is InChI=1S/C14H14N6O3S/c1-8(2)13-15-12(17-23-13)6-24-14-16-18-19-20(14)9-3-4-10-11(5-9)22-7-21-10/h3-5,8H,6-7H2,1-2H3. The summed E-state index contributed by atoms with van der Waals surface area (Å²) >= 11 is 1.43. The van der Waals surface area contributed by atoms with Crippen molar-refractivity contribution in [2.24, 2.45) is 0 Å². The molecule has 2 aromatic heterocycles. The highest BCUT2D eigenvalue weighted by Crippen LogP contribution is 2.34. The average molecular weight is 346 g/mol. The van der Waals surface area contributed by atoms with Gasteiger partial charge in [0.25, 0.3) is 0 Å². The first-order chi connectivity index (χ1) is 11.7. The van der Waals surface area contributed by atoms with Crippen molar-refractivity contribution in [1.82, 2.24) is 30.3 Å². The van der Waals surface area contributed by atoms with Gasteiger partial charge in [-0.2, -0.15) is 9.67 Å². The van der Waals surface area contributed by atoms with Gasteiger partial charge >= 0.3 is 0 Å². The third-order valence-electron chi connectivity index (χ3n) is 3.35. The molecule has 3 heterocycles. The molecule has 0 spiro atoms. The summed E-state index contributed by atoms with van der Waals surface area (Å²) in [6, 6.07) is 5.55. The molecule has 0 N–H and O–H groups in total. The van der Waals surface area contributed by atoms with E-state index < -0.39 is 0 Å². The Labute approximate surface area is 141 Å². The minimum atomic E-state index is 0.204. The van der Waals surface area contributed by atoms with E-state index in [2.05, 4.69) is 25.7 Å². The highest BCUT2D eigenvalue weighted by Gasteiger charge is 2.17. The number of ether oxygens (including phenoxy) is 2. The second-order valence-corrected chi connectivity index (χ2v) is 6.35.